The van der Waals surface area contributed by atoms with E-state index < -0.39 is 0 Å². The standard InChI is InChI=1S/C13H15N7/c14-4-6-19-8-11(17-18-19)13-16-10-7-15-5-3-12(10)20(13)9-1-2-9/h3,5,7-9H,1-2,4,6,14H2. The Balaban J connectivity index is 1.87. The number of pyridine rings is 1. The average molecular weight is 269 g/mol. The zero-order valence-electron chi connectivity index (χ0n) is 11.0. The summed E-state index contributed by atoms with van der Waals surface area (Å²) in [4.78, 5) is 8.81. The maximum Gasteiger partial charge on any atom is 0.163 e. The van der Waals surface area contributed by atoms with Crippen molar-refractivity contribution < 1.29 is 0 Å². The van der Waals surface area contributed by atoms with Gasteiger partial charge in [-0.05, 0) is 18.9 Å². The largest absolute Gasteiger partial charge is 0.329 e. The van der Waals surface area contributed by atoms with Crippen LogP contribution in [0.2, 0.25) is 0 Å². The second-order valence-corrected chi connectivity index (χ2v) is 5.06. The van der Waals surface area contributed by atoms with Gasteiger partial charge in [0.1, 0.15) is 11.2 Å². The van der Waals surface area contributed by atoms with Gasteiger partial charge in [-0.25, -0.2) is 4.98 Å². The lowest BCUT2D eigenvalue weighted by molar-refractivity contribution is 0.598. The van der Waals surface area contributed by atoms with Crippen LogP contribution in [-0.2, 0) is 6.54 Å². The molecule has 0 radical (unpaired) electrons. The molecule has 0 spiro atoms. The highest BCUT2D eigenvalue weighted by Gasteiger charge is 2.29. The molecule has 0 amide bonds. The summed E-state index contributed by atoms with van der Waals surface area (Å²) < 4.78 is 4.01. The maximum atomic E-state index is 5.54. The van der Waals surface area contributed by atoms with E-state index in [0.29, 0.717) is 19.1 Å². The third-order valence-corrected chi connectivity index (χ3v) is 3.53. The minimum Gasteiger partial charge on any atom is -0.329 e. The number of hydrogen-bond donors (Lipinski definition) is 1. The Morgan fingerprint density at radius 2 is 2.25 bits per heavy atom. The number of aromatic nitrogens is 6. The van der Waals surface area contributed by atoms with Crippen LogP contribution in [0, 0.1) is 0 Å². The monoisotopic (exact) mass is 269 g/mol. The van der Waals surface area contributed by atoms with Gasteiger partial charge in [-0.15, -0.1) is 5.10 Å². The van der Waals surface area contributed by atoms with E-state index in [1.54, 1.807) is 17.1 Å². The molecule has 0 saturated heterocycles. The summed E-state index contributed by atoms with van der Waals surface area (Å²) in [6, 6.07) is 2.53. The fraction of sp³-hybridized carbons (Fsp3) is 0.385. The number of fused-ring (bicyclic) bond motifs is 1. The summed E-state index contributed by atoms with van der Waals surface area (Å²) in [5.74, 6) is 0.874. The average Bonchev–Trinajstić information content (AvgIpc) is 3.07. The molecule has 0 unspecified atom stereocenters. The molecule has 4 rings (SSSR count). The van der Waals surface area contributed by atoms with E-state index in [2.05, 4.69) is 24.8 Å². The molecule has 7 heteroatoms. The van der Waals surface area contributed by atoms with Gasteiger partial charge in [-0.1, -0.05) is 5.21 Å². The molecule has 0 aromatic carbocycles. The van der Waals surface area contributed by atoms with E-state index in [9.17, 15) is 0 Å². The van der Waals surface area contributed by atoms with Crippen molar-refractivity contribution in [1.82, 2.24) is 29.5 Å². The normalized spacial score (nSPS) is 15.1. The van der Waals surface area contributed by atoms with Crippen LogP contribution in [-0.4, -0.2) is 36.1 Å². The molecule has 0 bridgehead atoms. The molecule has 3 aromatic heterocycles. The molecule has 20 heavy (non-hydrogen) atoms. The zero-order valence-corrected chi connectivity index (χ0v) is 11.0. The summed E-state index contributed by atoms with van der Waals surface area (Å²) in [5.41, 5.74) is 8.36. The van der Waals surface area contributed by atoms with Gasteiger partial charge in [0, 0.05) is 18.8 Å². The number of nitrogens with zero attached hydrogens (tertiary/aromatic N) is 6. The molecule has 7 nitrogen and oxygen atoms in total. The van der Waals surface area contributed by atoms with Gasteiger partial charge in [0.25, 0.3) is 0 Å². The summed E-state index contributed by atoms with van der Waals surface area (Å²) >= 11 is 0. The second-order valence-electron chi connectivity index (χ2n) is 5.06. The van der Waals surface area contributed by atoms with Crippen LogP contribution >= 0.6 is 0 Å². The summed E-state index contributed by atoms with van der Waals surface area (Å²) in [7, 11) is 0. The van der Waals surface area contributed by atoms with Crippen molar-refractivity contribution in [2.45, 2.75) is 25.4 Å². The van der Waals surface area contributed by atoms with Crippen LogP contribution in [0.1, 0.15) is 18.9 Å². The summed E-state index contributed by atoms with van der Waals surface area (Å²) in [5, 5.41) is 8.32. The second kappa shape index (κ2) is 4.38. The Morgan fingerprint density at radius 1 is 1.35 bits per heavy atom. The van der Waals surface area contributed by atoms with E-state index >= 15 is 0 Å². The van der Waals surface area contributed by atoms with E-state index in [1.165, 1.54) is 12.8 Å². The van der Waals surface area contributed by atoms with Gasteiger partial charge in [0.2, 0.25) is 0 Å². The first kappa shape index (κ1) is 11.5. The molecule has 1 saturated carbocycles. The lowest BCUT2D eigenvalue weighted by atomic mass is 10.4. The van der Waals surface area contributed by atoms with Crippen LogP contribution in [0.3, 0.4) is 0 Å². The van der Waals surface area contributed by atoms with Crippen LogP contribution < -0.4 is 5.73 Å². The van der Waals surface area contributed by atoms with E-state index in [4.69, 9.17) is 5.73 Å². The molecule has 1 aliphatic rings. The fourth-order valence-electron chi connectivity index (χ4n) is 2.48. The molecule has 0 aliphatic heterocycles. The first-order chi connectivity index (χ1) is 9.86. The topological polar surface area (TPSA) is 87.4 Å². The SMILES string of the molecule is NCCn1cc(-c2nc3cnccc3n2C2CC2)nn1. The molecule has 1 aliphatic carbocycles. The molecular weight excluding hydrogens is 254 g/mol. The maximum absolute atomic E-state index is 5.54. The molecule has 2 N–H and O–H groups in total. The van der Waals surface area contributed by atoms with Gasteiger partial charge in [-0.3, -0.25) is 9.67 Å². The van der Waals surface area contributed by atoms with Crippen LogP contribution in [0.25, 0.3) is 22.6 Å². The Morgan fingerprint density at radius 3 is 3.05 bits per heavy atom. The van der Waals surface area contributed by atoms with Crippen LogP contribution in [0.4, 0.5) is 0 Å². The van der Waals surface area contributed by atoms with Gasteiger partial charge in [0.15, 0.2) is 5.82 Å². The Hall–Kier alpha value is -2.28. The van der Waals surface area contributed by atoms with Crippen LogP contribution in [0.15, 0.2) is 24.7 Å². The van der Waals surface area contributed by atoms with Gasteiger partial charge >= 0.3 is 0 Å². The molecule has 1 fully saturated rings. The Labute approximate surface area is 115 Å². The first-order valence-corrected chi connectivity index (χ1v) is 6.79. The molecule has 3 aromatic rings. The third-order valence-electron chi connectivity index (χ3n) is 3.53. The Kier molecular flexibility index (Phi) is 2.53. The number of imidazole rings is 1. The van der Waals surface area contributed by atoms with E-state index in [1.807, 2.05) is 12.3 Å². The van der Waals surface area contributed by atoms with Crippen molar-refractivity contribution in [3.05, 3.63) is 24.7 Å². The van der Waals surface area contributed by atoms with E-state index in [0.717, 1.165) is 22.6 Å². The lowest BCUT2D eigenvalue weighted by Crippen LogP contribution is -2.10. The third kappa shape index (κ3) is 1.78. The zero-order chi connectivity index (χ0) is 13.5. The predicted molar refractivity (Wildman–Crippen MR) is 73.9 cm³/mol. The highest BCUT2D eigenvalue weighted by Crippen LogP contribution is 2.40. The van der Waals surface area contributed by atoms with Crippen molar-refractivity contribution in [2.75, 3.05) is 6.54 Å². The summed E-state index contributed by atoms with van der Waals surface area (Å²) in [6.45, 7) is 1.21. The van der Waals surface area contributed by atoms with Crippen molar-refractivity contribution in [1.29, 1.82) is 0 Å². The van der Waals surface area contributed by atoms with Gasteiger partial charge in [-0.2, -0.15) is 0 Å². The minimum atomic E-state index is 0.525. The summed E-state index contributed by atoms with van der Waals surface area (Å²) in [6.07, 6.45) is 7.88. The number of rotatable bonds is 4. The highest BCUT2D eigenvalue weighted by molar-refractivity contribution is 5.79. The minimum absolute atomic E-state index is 0.525. The molecular formula is C13H15N7. The highest BCUT2D eigenvalue weighted by atomic mass is 15.4. The predicted octanol–water partition coefficient (Wildman–Crippen LogP) is 0.983. The first-order valence-electron chi connectivity index (χ1n) is 6.79. The van der Waals surface area contributed by atoms with Crippen molar-refractivity contribution >= 4 is 11.0 Å². The molecule has 0 atom stereocenters. The van der Waals surface area contributed by atoms with Crippen molar-refractivity contribution in [3.63, 3.8) is 0 Å². The smallest absolute Gasteiger partial charge is 0.163 e. The molecule has 3 heterocycles. The fourth-order valence-corrected chi connectivity index (χ4v) is 2.48. The van der Waals surface area contributed by atoms with Gasteiger partial charge < -0.3 is 10.3 Å². The lowest BCUT2D eigenvalue weighted by Gasteiger charge is -2.04. The Bertz CT molecular complexity index is 753. The van der Waals surface area contributed by atoms with E-state index in [-0.39, 0.29) is 0 Å². The van der Waals surface area contributed by atoms with Crippen LogP contribution in [0.5, 0.6) is 0 Å². The van der Waals surface area contributed by atoms with Crippen molar-refractivity contribution in [3.8, 4) is 11.5 Å². The molecule has 102 valence electrons. The van der Waals surface area contributed by atoms with Crippen molar-refractivity contribution in [2.24, 2.45) is 5.73 Å². The quantitative estimate of drug-likeness (QED) is 0.763. The van der Waals surface area contributed by atoms with Gasteiger partial charge in [0.05, 0.1) is 24.5 Å². The number of hydrogen-bond acceptors (Lipinski definition) is 5. The number of nitrogens with two attached hydrogens (primary N) is 1.